The average molecular weight is 342 g/mol. The standard InChI is InChI=1S/C17H21ClFNO3/c1-2-17(22)20(10-12-8-13(18)5-6-16(12)19)14(11-21)9-15-4-3-7-23-15/h2,5-6,8,14-15,21H,1,3-4,7,9-11H2. The lowest BCUT2D eigenvalue weighted by atomic mass is 10.0. The van der Waals surface area contributed by atoms with Crippen LogP contribution in [0.1, 0.15) is 24.8 Å². The van der Waals surface area contributed by atoms with Gasteiger partial charge < -0.3 is 14.7 Å². The highest BCUT2D eigenvalue weighted by Crippen LogP contribution is 2.23. The molecule has 1 saturated heterocycles. The minimum Gasteiger partial charge on any atom is -0.394 e. The van der Waals surface area contributed by atoms with Crippen LogP contribution >= 0.6 is 11.6 Å². The number of hydrogen-bond acceptors (Lipinski definition) is 3. The van der Waals surface area contributed by atoms with Crippen LogP contribution in [0, 0.1) is 5.82 Å². The van der Waals surface area contributed by atoms with E-state index >= 15 is 0 Å². The van der Waals surface area contributed by atoms with Gasteiger partial charge in [-0.1, -0.05) is 18.2 Å². The molecule has 0 aromatic heterocycles. The molecule has 1 aliphatic rings. The van der Waals surface area contributed by atoms with E-state index < -0.39 is 11.9 Å². The summed E-state index contributed by atoms with van der Waals surface area (Å²) >= 11 is 5.91. The number of halogens is 2. The van der Waals surface area contributed by atoms with Gasteiger partial charge in [0, 0.05) is 23.7 Å². The van der Waals surface area contributed by atoms with Crippen molar-refractivity contribution < 1.29 is 19.0 Å². The Labute approximate surface area is 140 Å². The van der Waals surface area contributed by atoms with Crippen LogP contribution in [0.4, 0.5) is 4.39 Å². The van der Waals surface area contributed by atoms with Crippen LogP contribution in [0.2, 0.25) is 5.02 Å². The second-order valence-corrected chi connectivity index (χ2v) is 6.05. The number of ether oxygens (including phenoxy) is 1. The Balaban J connectivity index is 2.18. The lowest BCUT2D eigenvalue weighted by molar-refractivity contribution is -0.130. The van der Waals surface area contributed by atoms with E-state index in [1.54, 1.807) is 0 Å². The fourth-order valence-electron chi connectivity index (χ4n) is 2.79. The third-order valence-corrected chi connectivity index (χ3v) is 4.25. The van der Waals surface area contributed by atoms with Gasteiger partial charge in [-0.15, -0.1) is 0 Å². The third kappa shape index (κ3) is 4.77. The maximum Gasteiger partial charge on any atom is 0.246 e. The summed E-state index contributed by atoms with van der Waals surface area (Å²) in [5.41, 5.74) is 0.304. The van der Waals surface area contributed by atoms with Gasteiger partial charge in [-0.3, -0.25) is 4.79 Å². The van der Waals surface area contributed by atoms with Gasteiger partial charge in [0.15, 0.2) is 0 Å². The first-order valence-corrected chi connectivity index (χ1v) is 8.02. The molecule has 2 atom stereocenters. The molecule has 1 fully saturated rings. The Bertz CT molecular complexity index is 561. The molecule has 0 bridgehead atoms. The summed E-state index contributed by atoms with van der Waals surface area (Å²) in [6, 6.07) is 3.75. The minimum absolute atomic E-state index is 0.0106. The molecule has 2 rings (SSSR count). The Morgan fingerprint density at radius 2 is 2.39 bits per heavy atom. The fraction of sp³-hybridized carbons (Fsp3) is 0.471. The molecule has 6 heteroatoms. The van der Waals surface area contributed by atoms with E-state index in [2.05, 4.69) is 6.58 Å². The second kappa shape index (κ2) is 8.43. The van der Waals surface area contributed by atoms with Crippen LogP contribution in [-0.2, 0) is 16.1 Å². The number of hydrogen-bond donors (Lipinski definition) is 1. The predicted octanol–water partition coefficient (Wildman–Crippen LogP) is 2.92. The van der Waals surface area contributed by atoms with Crippen LogP contribution in [-0.4, -0.2) is 41.3 Å². The quantitative estimate of drug-likeness (QED) is 0.776. The van der Waals surface area contributed by atoms with Crippen LogP contribution in [0.15, 0.2) is 30.9 Å². The van der Waals surface area contributed by atoms with Crippen molar-refractivity contribution in [1.29, 1.82) is 0 Å². The minimum atomic E-state index is -0.456. The van der Waals surface area contributed by atoms with Crippen molar-refractivity contribution in [3.8, 4) is 0 Å². The van der Waals surface area contributed by atoms with Gasteiger partial charge in [0.25, 0.3) is 0 Å². The van der Waals surface area contributed by atoms with Crippen LogP contribution in [0.25, 0.3) is 0 Å². The number of rotatable bonds is 7. The zero-order valence-corrected chi connectivity index (χ0v) is 13.6. The summed E-state index contributed by atoms with van der Waals surface area (Å²) in [6.07, 6.45) is 3.56. The van der Waals surface area contributed by atoms with Crippen LogP contribution < -0.4 is 0 Å². The molecule has 4 nitrogen and oxygen atoms in total. The van der Waals surface area contributed by atoms with Gasteiger partial charge in [-0.05, 0) is 43.5 Å². The summed E-state index contributed by atoms with van der Waals surface area (Å²) < 4.78 is 19.5. The zero-order chi connectivity index (χ0) is 16.8. The second-order valence-electron chi connectivity index (χ2n) is 5.61. The van der Waals surface area contributed by atoms with Gasteiger partial charge in [0.05, 0.1) is 18.8 Å². The SMILES string of the molecule is C=CC(=O)N(Cc1cc(Cl)ccc1F)C(CO)CC1CCCO1. The highest BCUT2D eigenvalue weighted by molar-refractivity contribution is 6.30. The number of carbonyl (C=O) groups is 1. The van der Waals surface area contributed by atoms with Crippen molar-refractivity contribution in [3.05, 3.63) is 47.3 Å². The van der Waals surface area contributed by atoms with E-state index in [4.69, 9.17) is 16.3 Å². The lowest BCUT2D eigenvalue weighted by Gasteiger charge is -2.31. The van der Waals surface area contributed by atoms with Crippen LogP contribution in [0.5, 0.6) is 0 Å². The topological polar surface area (TPSA) is 49.8 Å². The van der Waals surface area contributed by atoms with E-state index in [0.29, 0.717) is 23.6 Å². The largest absolute Gasteiger partial charge is 0.394 e. The van der Waals surface area contributed by atoms with Crippen molar-refractivity contribution in [2.75, 3.05) is 13.2 Å². The molecule has 1 aromatic rings. The molecule has 1 heterocycles. The van der Waals surface area contributed by atoms with Crippen molar-refractivity contribution in [3.63, 3.8) is 0 Å². The van der Waals surface area contributed by atoms with Crippen molar-refractivity contribution >= 4 is 17.5 Å². The molecule has 2 unspecified atom stereocenters. The molecule has 126 valence electrons. The summed E-state index contributed by atoms with van der Waals surface area (Å²) in [4.78, 5) is 13.6. The first-order valence-electron chi connectivity index (χ1n) is 7.64. The van der Waals surface area contributed by atoms with Gasteiger partial charge >= 0.3 is 0 Å². The van der Waals surface area contributed by atoms with Gasteiger partial charge in [0.1, 0.15) is 5.82 Å². The Kier molecular flexibility index (Phi) is 6.57. The van der Waals surface area contributed by atoms with Crippen molar-refractivity contribution in [2.45, 2.75) is 38.0 Å². The van der Waals surface area contributed by atoms with Crippen molar-refractivity contribution in [2.24, 2.45) is 0 Å². The maximum atomic E-state index is 14.0. The Morgan fingerprint density at radius 3 is 3.00 bits per heavy atom. The number of carbonyl (C=O) groups excluding carboxylic acids is 1. The molecule has 0 radical (unpaired) electrons. The molecule has 0 saturated carbocycles. The van der Waals surface area contributed by atoms with E-state index in [1.807, 2.05) is 0 Å². The molecule has 0 spiro atoms. The number of amides is 1. The van der Waals surface area contributed by atoms with Gasteiger partial charge in [0.2, 0.25) is 5.91 Å². The van der Waals surface area contributed by atoms with E-state index in [-0.39, 0.29) is 25.2 Å². The summed E-state index contributed by atoms with van der Waals surface area (Å²) in [7, 11) is 0. The van der Waals surface area contributed by atoms with Crippen molar-refractivity contribution in [1.82, 2.24) is 4.90 Å². The third-order valence-electron chi connectivity index (χ3n) is 4.02. The van der Waals surface area contributed by atoms with E-state index in [9.17, 15) is 14.3 Å². The molecular formula is C17H21ClFNO3. The Morgan fingerprint density at radius 1 is 1.61 bits per heavy atom. The number of benzene rings is 1. The highest BCUT2D eigenvalue weighted by Gasteiger charge is 2.27. The normalized spacial score (nSPS) is 18.7. The van der Waals surface area contributed by atoms with E-state index in [0.717, 1.165) is 12.8 Å². The maximum absolute atomic E-state index is 14.0. The van der Waals surface area contributed by atoms with Crippen LogP contribution in [0.3, 0.4) is 0 Å². The summed E-state index contributed by atoms with van der Waals surface area (Å²) in [5, 5.41) is 10.1. The molecule has 1 amide bonds. The van der Waals surface area contributed by atoms with Gasteiger partial charge in [-0.2, -0.15) is 0 Å². The summed E-state index contributed by atoms with van der Waals surface area (Å²) in [6.45, 7) is 3.99. The molecule has 1 aromatic carbocycles. The number of nitrogens with zero attached hydrogens (tertiary/aromatic N) is 1. The monoisotopic (exact) mass is 341 g/mol. The Hall–Kier alpha value is -1.43. The molecular weight excluding hydrogens is 321 g/mol. The zero-order valence-electron chi connectivity index (χ0n) is 12.9. The van der Waals surface area contributed by atoms with Gasteiger partial charge in [-0.25, -0.2) is 4.39 Å². The number of aliphatic hydroxyl groups excluding tert-OH is 1. The molecule has 1 aliphatic heterocycles. The molecule has 0 aliphatic carbocycles. The average Bonchev–Trinajstić information content (AvgIpc) is 3.06. The predicted molar refractivity (Wildman–Crippen MR) is 86.6 cm³/mol. The fourth-order valence-corrected chi connectivity index (χ4v) is 2.98. The molecule has 23 heavy (non-hydrogen) atoms. The van der Waals surface area contributed by atoms with E-state index in [1.165, 1.54) is 29.2 Å². The molecule has 1 N–H and O–H groups in total. The lowest BCUT2D eigenvalue weighted by Crippen LogP contribution is -2.43. The first kappa shape index (κ1) is 17.9. The summed E-state index contributed by atoms with van der Waals surface area (Å²) in [5.74, 6) is -0.800. The number of aliphatic hydroxyl groups is 1. The first-order chi connectivity index (χ1) is 11.0. The smallest absolute Gasteiger partial charge is 0.246 e. The highest BCUT2D eigenvalue weighted by atomic mass is 35.5.